The summed E-state index contributed by atoms with van der Waals surface area (Å²) < 4.78 is 0. The predicted octanol–water partition coefficient (Wildman–Crippen LogP) is 2.88. The SMILES string of the molecule is O=C(NC1CCCCCCC1C(=O)O)C1CC=CCC1. The van der Waals surface area contributed by atoms with Crippen LogP contribution < -0.4 is 5.32 Å². The highest BCUT2D eigenvalue weighted by molar-refractivity contribution is 5.80. The predicted molar refractivity (Wildman–Crippen MR) is 77.2 cm³/mol. The van der Waals surface area contributed by atoms with Gasteiger partial charge in [-0.05, 0) is 32.1 Å². The van der Waals surface area contributed by atoms with Crippen molar-refractivity contribution in [1.29, 1.82) is 0 Å². The van der Waals surface area contributed by atoms with Crippen LogP contribution in [0.25, 0.3) is 0 Å². The van der Waals surface area contributed by atoms with Crippen LogP contribution in [0.1, 0.15) is 57.8 Å². The fourth-order valence-electron chi connectivity index (χ4n) is 3.29. The third-order valence-corrected chi connectivity index (χ3v) is 4.55. The lowest BCUT2D eigenvalue weighted by atomic mass is 9.85. The fourth-order valence-corrected chi connectivity index (χ4v) is 3.29. The molecule has 2 N–H and O–H groups in total. The quantitative estimate of drug-likeness (QED) is 0.781. The number of carbonyl (C=O) groups is 2. The molecule has 0 heterocycles. The van der Waals surface area contributed by atoms with Gasteiger partial charge in [0, 0.05) is 12.0 Å². The molecule has 1 saturated carbocycles. The number of nitrogens with one attached hydrogen (secondary N) is 1. The lowest BCUT2D eigenvalue weighted by molar-refractivity contribution is -0.143. The summed E-state index contributed by atoms with van der Waals surface area (Å²) in [4.78, 5) is 23.7. The molecule has 1 fully saturated rings. The highest BCUT2D eigenvalue weighted by atomic mass is 16.4. The van der Waals surface area contributed by atoms with Gasteiger partial charge < -0.3 is 10.4 Å². The van der Waals surface area contributed by atoms with Gasteiger partial charge in [-0.25, -0.2) is 0 Å². The van der Waals surface area contributed by atoms with Gasteiger partial charge in [0.15, 0.2) is 0 Å². The van der Waals surface area contributed by atoms with Crippen molar-refractivity contribution in [3.63, 3.8) is 0 Å². The Labute approximate surface area is 120 Å². The van der Waals surface area contributed by atoms with Gasteiger partial charge in [0.05, 0.1) is 5.92 Å². The van der Waals surface area contributed by atoms with Gasteiger partial charge in [-0.15, -0.1) is 0 Å². The molecule has 2 rings (SSSR count). The Balaban J connectivity index is 1.96. The number of hydrogen-bond donors (Lipinski definition) is 2. The van der Waals surface area contributed by atoms with Crippen molar-refractivity contribution in [3.05, 3.63) is 12.2 Å². The van der Waals surface area contributed by atoms with Gasteiger partial charge in [-0.1, -0.05) is 37.8 Å². The van der Waals surface area contributed by atoms with E-state index < -0.39 is 11.9 Å². The van der Waals surface area contributed by atoms with Gasteiger partial charge >= 0.3 is 5.97 Å². The molecular weight excluding hydrogens is 254 g/mol. The summed E-state index contributed by atoms with van der Waals surface area (Å²) in [5.74, 6) is -1.11. The van der Waals surface area contributed by atoms with Crippen molar-refractivity contribution in [1.82, 2.24) is 5.32 Å². The number of carboxylic acids is 1. The molecule has 0 aliphatic heterocycles. The van der Waals surface area contributed by atoms with E-state index in [4.69, 9.17) is 0 Å². The van der Waals surface area contributed by atoms with Crippen LogP contribution in [-0.2, 0) is 9.59 Å². The van der Waals surface area contributed by atoms with Crippen LogP contribution in [0.3, 0.4) is 0 Å². The zero-order chi connectivity index (χ0) is 14.4. The summed E-state index contributed by atoms with van der Waals surface area (Å²) in [5, 5.41) is 12.4. The number of allylic oxidation sites excluding steroid dienone is 2. The van der Waals surface area contributed by atoms with Crippen molar-refractivity contribution < 1.29 is 14.7 Å². The van der Waals surface area contributed by atoms with Crippen molar-refractivity contribution >= 4 is 11.9 Å². The average molecular weight is 279 g/mol. The molecule has 3 atom stereocenters. The first-order valence-corrected chi connectivity index (χ1v) is 7.86. The second kappa shape index (κ2) is 7.46. The normalized spacial score (nSPS) is 31.1. The minimum atomic E-state index is -0.763. The van der Waals surface area contributed by atoms with E-state index in [2.05, 4.69) is 17.5 Å². The molecule has 0 saturated heterocycles. The topological polar surface area (TPSA) is 66.4 Å². The van der Waals surface area contributed by atoms with Crippen molar-refractivity contribution in [3.8, 4) is 0 Å². The van der Waals surface area contributed by atoms with Crippen molar-refractivity contribution in [2.45, 2.75) is 63.8 Å². The molecule has 1 amide bonds. The minimum Gasteiger partial charge on any atom is -0.481 e. The van der Waals surface area contributed by atoms with E-state index in [0.717, 1.165) is 51.4 Å². The molecular formula is C16H25NO3. The zero-order valence-corrected chi connectivity index (χ0v) is 12.0. The maximum atomic E-state index is 12.3. The van der Waals surface area contributed by atoms with E-state index in [1.807, 2.05) is 0 Å². The van der Waals surface area contributed by atoms with Crippen LogP contribution in [0, 0.1) is 11.8 Å². The molecule has 0 aromatic carbocycles. The summed E-state index contributed by atoms with van der Waals surface area (Å²) in [7, 11) is 0. The highest BCUT2D eigenvalue weighted by Crippen LogP contribution is 2.25. The first-order chi connectivity index (χ1) is 9.68. The van der Waals surface area contributed by atoms with Crippen LogP contribution in [0.5, 0.6) is 0 Å². The van der Waals surface area contributed by atoms with Crippen LogP contribution in [-0.4, -0.2) is 23.0 Å². The molecule has 2 aliphatic carbocycles. The molecule has 4 nitrogen and oxygen atoms in total. The summed E-state index contributed by atoms with van der Waals surface area (Å²) in [6, 6.07) is -0.189. The summed E-state index contributed by atoms with van der Waals surface area (Å²) >= 11 is 0. The maximum absolute atomic E-state index is 12.3. The largest absolute Gasteiger partial charge is 0.481 e. The van der Waals surface area contributed by atoms with E-state index in [1.54, 1.807) is 0 Å². The summed E-state index contributed by atoms with van der Waals surface area (Å²) in [5.41, 5.74) is 0. The first-order valence-electron chi connectivity index (χ1n) is 7.86. The number of carboxylic acid groups (broad SMARTS) is 1. The fraction of sp³-hybridized carbons (Fsp3) is 0.750. The van der Waals surface area contributed by atoms with Crippen LogP contribution >= 0.6 is 0 Å². The Hall–Kier alpha value is -1.32. The Morgan fingerprint density at radius 3 is 2.40 bits per heavy atom. The van der Waals surface area contributed by atoms with Gasteiger partial charge in [-0.3, -0.25) is 9.59 Å². The minimum absolute atomic E-state index is 0.0277. The number of aliphatic carboxylic acids is 1. The Kier molecular flexibility index (Phi) is 5.62. The molecule has 20 heavy (non-hydrogen) atoms. The van der Waals surface area contributed by atoms with Crippen LogP contribution in [0.15, 0.2) is 12.2 Å². The van der Waals surface area contributed by atoms with E-state index in [0.29, 0.717) is 6.42 Å². The van der Waals surface area contributed by atoms with E-state index in [-0.39, 0.29) is 17.9 Å². The van der Waals surface area contributed by atoms with Gasteiger partial charge in [0.1, 0.15) is 0 Å². The van der Waals surface area contributed by atoms with Gasteiger partial charge in [0.25, 0.3) is 0 Å². The standard InChI is InChI=1S/C16H25NO3/c18-15(12-8-4-3-5-9-12)17-14-11-7-2-1-6-10-13(14)16(19)20/h3-4,12-14H,1-2,5-11H2,(H,17,18)(H,19,20). The molecule has 0 bridgehead atoms. The number of hydrogen-bond acceptors (Lipinski definition) is 2. The number of amides is 1. The van der Waals surface area contributed by atoms with E-state index in [9.17, 15) is 14.7 Å². The lowest BCUT2D eigenvalue weighted by Crippen LogP contribution is -2.46. The third kappa shape index (κ3) is 4.09. The number of rotatable bonds is 3. The lowest BCUT2D eigenvalue weighted by Gasteiger charge is -2.29. The van der Waals surface area contributed by atoms with E-state index in [1.165, 1.54) is 0 Å². The molecule has 0 aromatic rings. The molecule has 4 heteroatoms. The average Bonchev–Trinajstić information content (AvgIpc) is 2.42. The molecule has 112 valence electrons. The molecule has 0 radical (unpaired) electrons. The monoisotopic (exact) mass is 279 g/mol. The van der Waals surface area contributed by atoms with Crippen molar-refractivity contribution in [2.75, 3.05) is 0 Å². The van der Waals surface area contributed by atoms with Crippen LogP contribution in [0.2, 0.25) is 0 Å². The van der Waals surface area contributed by atoms with Gasteiger partial charge in [0.2, 0.25) is 5.91 Å². The second-order valence-corrected chi connectivity index (χ2v) is 6.03. The summed E-state index contributed by atoms with van der Waals surface area (Å²) in [6.07, 6.45) is 12.5. The van der Waals surface area contributed by atoms with Gasteiger partial charge in [-0.2, -0.15) is 0 Å². The first kappa shape index (κ1) is 15.1. The summed E-state index contributed by atoms with van der Waals surface area (Å²) in [6.45, 7) is 0. The molecule has 0 aromatic heterocycles. The molecule has 2 aliphatic rings. The second-order valence-electron chi connectivity index (χ2n) is 6.03. The Morgan fingerprint density at radius 1 is 1.00 bits per heavy atom. The maximum Gasteiger partial charge on any atom is 0.308 e. The zero-order valence-electron chi connectivity index (χ0n) is 12.0. The Morgan fingerprint density at radius 2 is 1.75 bits per heavy atom. The van der Waals surface area contributed by atoms with Crippen molar-refractivity contribution in [2.24, 2.45) is 11.8 Å². The molecule has 3 unspecified atom stereocenters. The molecule has 0 spiro atoms. The number of carbonyl (C=O) groups excluding carboxylic acids is 1. The van der Waals surface area contributed by atoms with E-state index >= 15 is 0 Å². The highest BCUT2D eigenvalue weighted by Gasteiger charge is 2.31. The third-order valence-electron chi connectivity index (χ3n) is 4.55. The smallest absolute Gasteiger partial charge is 0.308 e. The van der Waals surface area contributed by atoms with Crippen LogP contribution in [0.4, 0.5) is 0 Å². The Bertz CT molecular complexity index is 378.